The number of ether oxygens (including phenoxy) is 1. The number of unbranched alkanes of at least 4 members (excludes halogenated alkanes) is 23. The van der Waals surface area contributed by atoms with Crippen molar-refractivity contribution >= 4 is 11.9 Å². The quantitative estimate of drug-likeness (QED) is 0.0324. The van der Waals surface area contributed by atoms with Crippen molar-refractivity contribution in [1.29, 1.82) is 0 Å². The van der Waals surface area contributed by atoms with Crippen molar-refractivity contribution in [3.63, 3.8) is 0 Å². The molecule has 0 aromatic rings. The van der Waals surface area contributed by atoms with E-state index in [-0.39, 0.29) is 24.9 Å². The third-order valence-electron chi connectivity index (χ3n) is 10.9. The highest BCUT2D eigenvalue weighted by Crippen LogP contribution is 2.17. The van der Waals surface area contributed by atoms with E-state index in [1.807, 2.05) is 0 Å². The number of aliphatic hydroxyl groups is 2. The molecule has 3 unspecified atom stereocenters. The summed E-state index contributed by atoms with van der Waals surface area (Å²) in [5.74, 6) is -0.517. The topological polar surface area (TPSA) is 95.9 Å². The molecule has 3 atom stereocenters. The zero-order valence-corrected chi connectivity index (χ0v) is 37.7. The summed E-state index contributed by atoms with van der Waals surface area (Å²) in [4.78, 5) is 26.0. The number of hydrogen-bond acceptors (Lipinski definition) is 5. The summed E-state index contributed by atoms with van der Waals surface area (Å²) >= 11 is 0. The van der Waals surface area contributed by atoms with Crippen LogP contribution < -0.4 is 5.32 Å². The highest BCUT2D eigenvalue weighted by atomic mass is 16.5. The summed E-state index contributed by atoms with van der Waals surface area (Å²) in [6, 6.07) is -0.712. The third-order valence-corrected chi connectivity index (χ3v) is 10.9. The molecule has 1 amide bonds. The molecule has 6 nitrogen and oxygen atoms in total. The summed E-state index contributed by atoms with van der Waals surface area (Å²) < 4.78 is 5.90. The summed E-state index contributed by atoms with van der Waals surface area (Å²) in [6.45, 7) is 6.33. The SMILES string of the molecule is CC/C=C/C/C=C/C/C=C/CCCCC(CC(=O)NC(CO)C(O)CCCCCCCCCCC)OC(=O)CCCCCCCCC/C=C/CCCCCCCC. The van der Waals surface area contributed by atoms with E-state index in [2.05, 4.69) is 74.7 Å². The zero-order chi connectivity index (χ0) is 41.7. The molecule has 6 heteroatoms. The molecular formula is C51H93NO5. The van der Waals surface area contributed by atoms with Crippen LogP contribution in [-0.2, 0) is 14.3 Å². The second-order valence-electron chi connectivity index (χ2n) is 16.5. The van der Waals surface area contributed by atoms with Gasteiger partial charge in [0.15, 0.2) is 0 Å². The van der Waals surface area contributed by atoms with Crippen molar-refractivity contribution in [1.82, 2.24) is 5.32 Å². The van der Waals surface area contributed by atoms with Crippen molar-refractivity contribution in [3.8, 4) is 0 Å². The molecule has 0 saturated heterocycles. The smallest absolute Gasteiger partial charge is 0.306 e. The average Bonchev–Trinajstić information content (AvgIpc) is 3.20. The maximum Gasteiger partial charge on any atom is 0.306 e. The normalized spacial score (nSPS) is 13.7. The molecule has 3 N–H and O–H groups in total. The molecular weight excluding hydrogens is 707 g/mol. The zero-order valence-electron chi connectivity index (χ0n) is 37.7. The standard InChI is InChI=1S/C51H93NO5/c1-4-7-10-13-16-19-21-23-24-25-26-27-29-32-35-38-41-44-51(56)57-47(42-39-36-33-31-28-22-20-17-14-11-8-5-2)45-50(55)52-48(46-53)49(54)43-40-37-34-30-18-15-12-9-6-3/h8,11,17,20,23-24,28,31,47-49,53-54H,4-7,9-10,12-16,18-19,21-22,25-27,29-30,32-46H2,1-3H3,(H,52,55)/b11-8+,20-17+,24-23+,31-28+. The Balaban J connectivity index is 4.58. The molecule has 0 spiro atoms. The first-order chi connectivity index (χ1) is 28.0. The van der Waals surface area contributed by atoms with Crippen LogP contribution in [0, 0.1) is 0 Å². The van der Waals surface area contributed by atoms with Crippen molar-refractivity contribution in [2.45, 2.75) is 257 Å². The summed E-state index contributed by atoms with van der Waals surface area (Å²) in [7, 11) is 0. The molecule has 0 aliphatic carbocycles. The van der Waals surface area contributed by atoms with E-state index in [0.29, 0.717) is 19.3 Å². The van der Waals surface area contributed by atoms with Crippen LogP contribution in [-0.4, -0.2) is 46.9 Å². The minimum atomic E-state index is -0.796. The Morgan fingerprint density at radius 2 is 0.947 bits per heavy atom. The molecule has 57 heavy (non-hydrogen) atoms. The van der Waals surface area contributed by atoms with Gasteiger partial charge in [0.2, 0.25) is 5.91 Å². The van der Waals surface area contributed by atoms with Crippen LogP contribution in [0.4, 0.5) is 0 Å². The van der Waals surface area contributed by atoms with E-state index in [4.69, 9.17) is 4.74 Å². The minimum Gasteiger partial charge on any atom is -0.462 e. The van der Waals surface area contributed by atoms with Gasteiger partial charge in [0, 0.05) is 6.42 Å². The lowest BCUT2D eigenvalue weighted by Gasteiger charge is -2.24. The molecule has 0 fully saturated rings. The molecule has 0 heterocycles. The van der Waals surface area contributed by atoms with Crippen LogP contribution in [0.25, 0.3) is 0 Å². The van der Waals surface area contributed by atoms with Crippen molar-refractivity contribution in [2.75, 3.05) is 6.61 Å². The van der Waals surface area contributed by atoms with Crippen LogP contribution in [0.5, 0.6) is 0 Å². The van der Waals surface area contributed by atoms with Gasteiger partial charge in [0.05, 0.1) is 25.2 Å². The number of aliphatic hydroxyl groups excluding tert-OH is 2. The molecule has 0 rings (SSSR count). The van der Waals surface area contributed by atoms with Gasteiger partial charge in [0.25, 0.3) is 0 Å². The Kier molecular flexibility index (Phi) is 43.2. The maximum absolute atomic E-state index is 13.1. The molecule has 0 radical (unpaired) electrons. The third kappa shape index (κ3) is 40.4. The monoisotopic (exact) mass is 800 g/mol. The first-order valence-corrected chi connectivity index (χ1v) is 24.4. The lowest BCUT2D eigenvalue weighted by atomic mass is 10.0. The summed E-state index contributed by atoms with van der Waals surface area (Å²) in [6.07, 6.45) is 53.2. The van der Waals surface area contributed by atoms with Gasteiger partial charge in [-0.2, -0.15) is 0 Å². The summed E-state index contributed by atoms with van der Waals surface area (Å²) in [5.41, 5.74) is 0. The molecule has 0 saturated carbocycles. The fraction of sp³-hybridized carbons (Fsp3) is 0.804. The van der Waals surface area contributed by atoms with Gasteiger partial charge < -0.3 is 20.3 Å². The van der Waals surface area contributed by atoms with Gasteiger partial charge in [-0.1, -0.05) is 191 Å². The number of allylic oxidation sites excluding steroid dienone is 8. The number of nitrogens with one attached hydrogen (secondary N) is 1. The Hall–Kier alpha value is -2.18. The molecule has 332 valence electrons. The largest absolute Gasteiger partial charge is 0.462 e. The Bertz CT molecular complexity index is 988. The van der Waals surface area contributed by atoms with Gasteiger partial charge in [-0.15, -0.1) is 0 Å². The minimum absolute atomic E-state index is 0.0499. The highest BCUT2D eigenvalue weighted by Gasteiger charge is 2.24. The van der Waals surface area contributed by atoms with Gasteiger partial charge in [0.1, 0.15) is 6.10 Å². The number of hydrogen-bond donors (Lipinski definition) is 3. The summed E-state index contributed by atoms with van der Waals surface area (Å²) in [5, 5.41) is 23.6. The van der Waals surface area contributed by atoms with Crippen molar-refractivity contribution in [2.24, 2.45) is 0 Å². The number of carbonyl (C=O) groups is 2. The number of amides is 1. The van der Waals surface area contributed by atoms with Crippen LogP contribution >= 0.6 is 0 Å². The van der Waals surface area contributed by atoms with Crippen LogP contribution in [0.3, 0.4) is 0 Å². The molecule has 0 aromatic heterocycles. The van der Waals surface area contributed by atoms with E-state index in [0.717, 1.165) is 77.0 Å². The lowest BCUT2D eigenvalue weighted by molar-refractivity contribution is -0.151. The van der Waals surface area contributed by atoms with Gasteiger partial charge in [-0.25, -0.2) is 0 Å². The number of esters is 1. The number of rotatable bonds is 43. The lowest BCUT2D eigenvalue weighted by Crippen LogP contribution is -2.46. The average molecular weight is 800 g/mol. The van der Waals surface area contributed by atoms with Gasteiger partial charge in [-0.05, 0) is 83.5 Å². The van der Waals surface area contributed by atoms with Crippen LogP contribution in [0.1, 0.15) is 239 Å². The first kappa shape index (κ1) is 54.8. The van der Waals surface area contributed by atoms with E-state index < -0.39 is 18.2 Å². The number of carbonyl (C=O) groups excluding carboxylic acids is 2. The molecule has 0 aromatic carbocycles. The highest BCUT2D eigenvalue weighted by molar-refractivity contribution is 5.77. The predicted octanol–water partition coefficient (Wildman–Crippen LogP) is 14.3. The fourth-order valence-corrected chi connectivity index (χ4v) is 7.20. The molecule has 0 bridgehead atoms. The van der Waals surface area contributed by atoms with E-state index in [1.165, 1.54) is 116 Å². The Labute approximate surface area is 353 Å². The Morgan fingerprint density at radius 3 is 1.47 bits per heavy atom. The second kappa shape index (κ2) is 44.9. The molecule has 0 aliphatic heterocycles. The van der Waals surface area contributed by atoms with Crippen molar-refractivity contribution < 1.29 is 24.5 Å². The molecule has 0 aliphatic rings. The van der Waals surface area contributed by atoms with Crippen LogP contribution in [0.15, 0.2) is 48.6 Å². The predicted molar refractivity (Wildman–Crippen MR) is 245 cm³/mol. The van der Waals surface area contributed by atoms with Gasteiger partial charge in [-0.3, -0.25) is 9.59 Å². The van der Waals surface area contributed by atoms with Gasteiger partial charge >= 0.3 is 5.97 Å². The second-order valence-corrected chi connectivity index (χ2v) is 16.5. The van der Waals surface area contributed by atoms with E-state index in [1.54, 1.807) is 0 Å². The van der Waals surface area contributed by atoms with E-state index in [9.17, 15) is 19.8 Å². The first-order valence-electron chi connectivity index (χ1n) is 24.4. The maximum atomic E-state index is 13.1. The van der Waals surface area contributed by atoms with Crippen molar-refractivity contribution in [3.05, 3.63) is 48.6 Å². The Morgan fingerprint density at radius 1 is 0.526 bits per heavy atom. The van der Waals surface area contributed by atoms with Crippen LogP contribution in [0.2, 0.25) is 0 Å². The van der Waals surface area contributed by atoms with E-state index >= 15 is 0 Å². The fourth-order valence-electron chi connectivity index (χ4n) is 7.20.